The van der Waals surface area contributed by atoms with Gasteiger partial charge in [-0.2, -0.15) is 5.26 Å². The topological polar surface area (TPSA) is 45.0 Å². The maximum absolute atomic E-state index is 8.72. The molecule has 90 valence electrons. The Bertz CT molecular complexity index is 422. The molecule has 17 heavy (non-hydrogen) atoms. The first-order chi connectivity index (χ1) is 8.29. The van der Waals surface area contributed by atoms with E-state index in [0.717, 1.165) is 19.5 Å². The molecule has 2 rings (SSSR count). The molecule has 4 heteroatoms. The first-order valence-corrected chi connectivity index (χ1v) is 6.20. The molecule has 1 aromatic carbocycles. The summed E-state index contributed by atoms with van der Waals surface area (Å²) >= 11 is 6.02. The van der Waals surface area contributed by atoms with E-state index >= 15 is 0 Å². The van der Waals surface area contributed by atoms with E-state index in [4.69, 9.17) is 21.6 Å². The van der Waals surface area contributed by atoms with Crippen molar-refractivity contribution in [1.29, 1.82) is 5.26 Å². The molecule has 0 amide bonds. The van der Waals surface area contributed by atoms with Crippen LogP contribution < -0.4 is 10.1 Å². The Morgan fingerprint density at radius 1 is 1.53 bits per heavy atom. The molecular weight excluding hydrogens is 236 g/mol. The van der Waals surface area contributed by atoms with Crippen molar-refractivity contribution in [2.75, 3.05) is 19.7 Å². The van der Waals surface area contributed by atoms with Crippen LogP contribution in [0.15, 0.2) is 18.2 Å². The average Bonchev–Trinajstić information content (AvgIpc) is 2.84. The molecular formula is C13H15ClN2O. The van der Waals surface area contributed by atoms with Gasteiger partial charge in [-0.05, 0) is 50.0 Å². The van der Waals surface area contributed by atoms with E-state index < -0.39 is 0 Å². The predicted molar refractivity (Wildman–Crippen MR) is 67.3 cm³/mol. The number of nitrogens with one attached hydrogen (secondary N) is 1. The minimum absolute atomic E-state index is 0.508. The quantitative estimate of drug-likeness (QED) is 0.893. The third-order valence-corrected chi connectivity index (χ3v) is 3.30. The highest BCUT2D eigenvalue weighted by Gasteiger charge is 2.14. The minimum atomic E-state index is 0.508. The number of nitrogens with zero attached hydrogens (tertiary/aromatic N) is 1. The first-order valence-electron chi connectivity index (χ1n) is 5.83. The van der Waals surface area contributed by atoms with Crippen molar-refractivity contribution in [3.05, 3.63) is 28.8 Å². The summed E-state index contributed by atoms with van der Waals surface area (Å²) in [6.07, 6.45) is 2.27. The van der Waals surface area contributed by atoms with Gasteiger partial charge in [-0.1, -0.05) is 11.6 Å². The van der Waals surface area contributed by atoms with Gasteiger partial charge in [-0.15, -0.1) is 0 Å². The second kappa shape index (κ2) is 5.90. The lowest BCUT2D eigenvalue weighted by Gasteiger charge is -2.11. The molecule has 1 fully saturated rings. The summed E-state index contributed by atoms with van der Waals surface area (Å²) in [5.41, 5.74) is 0.558. The molecule has 0 spiro atoms. The van der Waals surface area contributed by atoms with Crippen LogP contribution in [0.25, 0.3) is 0 Å². The predicted octanol–water partition coefficient (Wildman–Crippen LogP) is 2.59. The molecule has 1 atom stereocenters. The molecule has 0 saturated carbocycles. The fraction of sp³-hybridized carbons (Fsp3) is 0.462. The minimum Gasteiger partial charge on any atom is -0.492 e. The van der Waals surface area contributed by atoms with Gasteiger partial charge in [-0.3, -0.25) is 0 Å². The number of hydrogen-bond acceptors (Lipinski definition) is 3. The summed E-state index contributed by atoms with van der Waals surface area (Å²) in [6.45, 7) is 2.88. The van der Waals surface area contributed by atoms with Gasteiger partial charge in [0.05, 0.1) is 23.3 Å². The zero-order valence-electron chi connectivity index (χ0n) is 9.58. The first kappa shape index (κ1) is 12.2. The monoisotopic (exact) mass is 250 g/mol. The summed E-state index contributed by atoms with van der Waals surface area (Å²) in [4.78, 5) is 0. The Kier molecular flexibility index (Phi) is 4.24. The van der Waals surface area contributed by atoms with E-state index in [1.807, 2.05) is 6.07 Å². The Morgan fingerprint density at radius 3 is 3.06 bits per heavy atom. The number of halogens is 1. The highest BCUT2D eigenvalue weighted by Crippen LogP contribution is 2.25. The van der Waals surface area contributed by atoms with E-state index in [9.17, 15) is 0 Å². The van der Waals surface area contributed by atoms with Gasteiger partial charge >= 0.3 is 0 Å². The highest BCUT2D eigenvalue weighted by atomic mass is 35.5. The van der Waals surface area contributed by atoms with Crippen LogP contribution in [-0.2, 0) is 0 Å². The Labute approximate surface area is 106 Å². The normalized spacial score (nSPS) is 18.9. The smallest absolute Gasteiger partial charge is 0.137 e. The summed E-state index contributed by atoms with van der Waals surface area (Å²) in [7, 11) is 0. The lowest BCUT2D eigenvalue weighted by molar-refractivity contribution is 0.284. The van der Waals surface area contributed by atoms with Crippen molar-refractivity contribution in [3.8, 4) is 11.8 Å². The molecule has 1 N–H and O–H groups in total. The molecule has 1 aliphatic heterocycles. The Hall–Kier alpha value is -1.24. The van der Waals surface area contributed by atoms with Crippen molar-refractivity contribution in [1.82, 2.24) is 5.32 Å². The van der Waals surface area contributed by atoms with Gasteiger partial charge in [0.1, 0.15) is 5.75 Å². The summed E-state index contributed by atoms with van der Waals surface area (Å²) < 4.78 is 5.63. The van der Waals surface area contributed by atoms with Gasteiger partial charge < -0.3 is 10.1 Å². The van der Waals surface area contributed by atoms with E-state index in [1.54, 1.807) is 18.2 Å². The second-order valence-electron chi connectivity index (χ2n) is 4.25. The molecule has 1 aromatic rings. The number of benzene rings is 1. The van der Waals surface area contributed by atoms with Crippen molar-refractivity contribution < 1.29 is 4.74 Å². The van der Waals surface area contributed by atoms with Crippen LogP contribution in [0.3, 0.4) is 0 Å². The van der Waals surface area contributed by atoms with Gasteiger partial charge in [0.15, 0.2) is 0 Å². The van der Waals surface area contributed by atoms with E-state index in [-0.39, 0.29) is 0 Å². The fourth-order valence-corrected chi connectivity index (χ4v) is 2.22. The van der Waals surface area contributed by atoms with Crippen molar-refractivity contribution in [2.45, 2.75) is 12.8 Å². The largest absolute Gasteiger partial charge is 0.492 e. The van der Waals surface area contributed by atoms with Crippen LogP contribution in [0.2, 0.25) is 5.02 Å². The molecule has 1 aliphatic rings. The highest BCUT2D eigenvalue weighted by molar-refractivity contribution is 6.32. The molecule has 3 nitrogen and oxygen atoms in total. The lowest BCUT2D eigenvalue weighted by Crippen LogP contribution is -2.11. The number of hydrogen-bond donors (Lipinski definition) is 1. The Morgan fingerprint density at radius 2 is 2.41 bits per heavy atom. The molecule has 1 heterocycles. The molecule has 0 aliphatic carbocycles. The van der Waals surface area contributed by atoms with Gasteiger partial charge in [0.2, 0.25) is 0 Å². The van der Waals surface area contributed by atoms with E-state index in [1.165, 1.54) is 6.42 Å². The maximum atomic E-state index is 8.72. The van der Waals surface area contributed by atoms with Gasteiger partial charge in [-0.25, -0.2) is 0 Å². The zero-order chi connectivity index (χ0) is 12.1. The summed E-state index contributed by atoms with van der Waals surface area (Å²) in [5, 5.41) is 12.6. The van der Waals surface area contributed by atoms with Gasteiger partial charge in [0.25, 0.3) is 0 Å². The third kappa shape index (κ3) is 3.36. The van der Waals surface area contributed by atoms with Crippen LogP contribution in [0.1, 0.15) is 18.4 Å². The number of nitriles is 1. The number of ether oxygens (including phenoxy) is 1. The van der Waals surface area contributed by atoms with E-state index in [2.05, 4.69) is 5.32 Å². The average molecular weight is 251 g/mol. The molecule has 1 unspecified atom stereocenters. The third-order valence-electron chi connectivity index (χ3n) is 3.01. The van der Waals surface area contributed by atoms with Crippen molar-refractivity contribution in [2.24, 2.45) is 5.92 Å². The van der Waals surface area contributed by atoms with Crippen LogP contribution in [-0.4, -0.2) is 19.7 Å². The van der Waals surface area contributed by atoms with Crippen molar-refractivity contribution >= 4 is 11.6 Å². The SMILES string of the molecule is N#Cc1ccc(OCCC2CCNC2)c(Cl)c1. The van der Waals surface area contributed by atoms with Crippen LogP contribution in [0, 0.1) is 17.2 Å². The van der Waals surface area contributed by atoms with Crippen molar-refractivity contribution in [3.63, 3.8) is 0 Å². The van der Waals surface area contributed by atoms with E-state index in [0.29, 0.717) is 28.9 Å². The lowest BCUT2D eigenvalue weighted by atomic mass is 10.1. The molecule has 0 radical (unpaired) electrons. The zero-order valence-corrected chi connectivity index (χ0v) is 10.3. The molecule has 0 bridgehead atoms. The fourth-order valence-electron chi connectivity index (χ4n) is 1.98. The van der Waals surface area contributed by atoms with Gasteiger partial charge in [0, 0.05) is 0 Å². The maximum Gasteiger partial charge on any atom is 0.137 e. The standard InChI is InChI=1S/C13H15ClN2O/c14-12-7-11(8-15)1-2-13(12)17-6-4-10-3-5-16-9-10/h1-2,7,10,16H,3-6,9H2. The van der Waals surface area contributed by atoms with Crippen LogP contribution >= 0.6 is 11.6 Å². The summed E-state index contributed by atoms with van der Waals surface area (Å²) in [6, 6.07) is 7.16. The molecule has 0 aromatic heterocycles. The van der Waals surface area contributed by atoms with Crippen LogP contribution in [0.4, 0.5) is 0 Å². The van der Waals surface area contributed by atoms with Crippen LogP contribution in [0.5, 0.6) is 5.75 Å². The summed E-state index contributed by atoms with van der Waals surface area (Å²) in [5.74, 6) is 1.38. The molecule has 1 saturated heterocycles. The number of rotatable bonds is 4. The second-order valence-corrected chi connectivity index (χ2v) is 4.66. The Balaban J connectivity index is 1.84.